The predicted molar refractivity (Wildman–Crippen MR) is 100 cm³/mol. The first-order chi connectivity index (χ1) is 12.5. The Morgan fingerprint density at radius 1 is 1.12 bits per heavy atom. The minimum atomic E-state index is -0.898. The van der Waals surface area contributed by atoms with Crippen LogP contribution in [0.1, 0.15) is 25.0 Å². The second kappa shape index (κ2) is 6.69. The summed E-state index contributed by atoms with van der Waals surface area (Å²) in [6, 6.07) is 14.0. The fraction of sp³-hybridized carbons (Fsp3) is 0.381. The molecule has 0 bridgehead atoms. The second-order valence-corrected chi connectivity index (χ2v) is 7.59. The molecule has 0 unspecified atom stereocenters. The number of hydrogen-bond donors (Lipinski definition) is 1. The first-order valence-corrected chi connectivity index (χ1v) is 9.47. The summed E-state index contributed by atoms with van der Waals surface area (Å²) in [6.07, 6.45) is -0.185. The zero-order valence-electron chi connectivity index (χ0n) is 15.0. The van der Waals surface area contributed by atoms with E-state index >= 15 is 0 Å². The van der Waals surface area contributed by atoms with Crippen molar-refractivity contribution >= 4 is 17.6 Å². The third kappa shape index (κ3) is 2.56. The molecule has 1 atom stereocenters. The normalized spacial score (nSPS) is 22.2. The molecule has 26 heavy (non-hydrogen) atoms. The Morgan fingerprint density at radius 2 is 1.81 bits per heavy atom. The van der Waals surface area contributed by atoms with E-state index in [4.69, 9.17) is 21.1 Å². The van der Waals surface area contributed by atoms with E-state index in [1.807, 2.05) is 50.2 Å². The highest BCUT2D eigenvalue weighted by Crippen LogP contribution is 2.47. The Labute approximate surface area is 158 Å². The van der Waals surface area contributed by atoms with Gasteiger partial charge in [-0.3, -0.25) is 0 Å². The standard InChI is InChI=1S/C21H22ClNO3/c1-14(2)26-20(24)21(23-9-11-25-12-10-23)18-6-4-3-5-16(18)17-8-7-15(22)13-19(17)21/h3-8,13-14H,9-12H2,1-2H3/p+1/t21-/m0/s1. The van der Waals surface area contributed by atoms with Gasteiger partial charge in [0.1, 0.15) is 13.1 Å². The van der Waals surface area contributed by atoms with E-state index in [1.54, 1.807) is 0 Å². The molecule has 0 spiro atoms. The summed E-state index contributed by atoms with van der Waals surface area (Å²) in [6.45, 7) is 6.52. The lowest BCUT2D eigenvalue weighted by molar-refractivity contribution is -0.950. The number of ether oxygens (including phenoxy) is 2. The van der Waals surface area contributed by atoms with Gasteiger partial charge in [0.2, 0.25) is 5.54 Å². The third-order valence-electron chi connectivity index (χ3n) is 5.28. The van der Waals surface area contributed by atoms with Crippen molar-refractivity contribution < 1.29 is 19.2 Å². The van der Waals surface area contributed by atoms with Gasteiger partial charge in [-0.25, -0.2) is 4.79 Å². The number of nitrogens with one attached hydrogen (secondary N) is 1. The van der Waals surface area contributed by atoms with Crippen LogP contribution in [0, 0.1) is 0 Å². The molecule has 2 aromatic carbocycles. The Balaban J connectivity index is 2.00. The maximum absolute atomic E-state index is 13.6. The second-order valence-electron chi connectivity index (χ2n) is 7.16. The maximum atomic E-state index is 13.6. The van der Waals surface area contributed by atoms with Crippen molar-refractivity contribution in [1.29, 1.82) is 0 Å². The van der Waals surface area contributed by atoms with E-state index in [0.717, 1.165) is 40.2 Å². The van der Waals surface area contributed by atoms with Crippen LogP contribution in [0.15, 0.2) is 42.5 Å². The van der Waals surface area contributed by atoms with Crippen LogP contribution in [-0.4, -0.2) is 38.4 Å². The summed E-state index contributed by atoms with van der Waals surface area (Å²) in [5.41, 5.74) is 3.18. The summed E-state index contributed by atoms with van der Waals surface area (Å²) in [4.78, 5) is 14.7. The Kier molecular flexibility index (Phi) is 4.51. The molecule has 2 aromatic rings. The van der Waals surface area contributed by atoms with Gasteiger partial charge in [0, 0.05) is 16.1 Å². The highest BCUT2D eigenvalue weighted by molar-refractivity contribution is 6.30. The van der Waals surface area contributed by atoms with E-state index in [0.29, 0.717) is 18.2 Å². The first-order valence-electron chi connectivity index (χ1n) is 9.09. The summed E-state index contributed by atoms with van der Waals surface area (Å²) in [7, 11) is 0. The van der Waals surface area contributed by atoms with Crippen LogP contribution in [-0.2, 0) is 19.8 Å². The molecule has 5 heteroatoms. The van der Waals surface area contributed by atoms with Gasteiger partial charge in [-0.2, -0.15) is 0 Å². The molecule has 1 aliphatic heterocycles. The third-order valence-corrected chi connectivity index (χ3v) is 5.52. The zero-order valence-corrected chi connectivity index (χ0v) is 15.8. The number of morpholine rings is 1. The summed E-state index contributed by atoms with van der Waals surface area (Å²) >= 11 is 6.36. The number of carbonyl (C=O) groups is 1. The Bertz CT molecular complexity index is 845. The van der Waals surface area contributed by atoms with E-state index in [1.165, 1.54) is 0 Å². The van der Waals surface area contributed by atoms with Crippen molar-refractivity contribution in [2.24, 2.45) is 0 Å². The van der Waals surface area contributed by atoms with E-state index < -0.39 is 5.54 Å². The molecule has 4 rings (SSSR count). The fourth-order valence-corrected chi connectivity index (χ4v) is 4.46. The minimum absolute atomic E-state index is 0.185. The van der Waals surface area contributed by atoms with Crippen LogP contribution < -0.4 is 4.90 Å². The molecule has 136 valence electrons. The smallest absolute Gasteiger partial charge is 0.378 e. The molecule has 0 aromatic heterocycles. The summed E-state index contributed by atoms with van der Waals surface area (Å²) < 4.78 is 11.4. The number of benzene rings is 2. The van der Waals surface area contributed by atoms with Crippen molar-refractivity contribution in [3.63, 3.8) is 0 Å². The SMILES string of the molecule is CC(C)OC(=O)[C@]1([NH+]2CCOCC2)c2ccccc2-c2ccc(Cl)cc21. The predicted octanol–water partition coefficient (Wildman–Crippen LogP) is 2.43. The molecule has 1 N–H and O–H groups in total. The molecular weight excluding hydrogens is 350 g/mol. The maximum Gasteiger partial charge on any atom is 0.378 e. The van der Waals surface area contributed by atoms with Gasteiger partial charge in [0.05, 0.1) is 19.3 Å². The Hall–Kier alpha value is -1.88. The molecule has 4 nitrogen and oxygen atoms in total. The van der Waals surface area contributed by atoms with E-state index in [2.05, 4.69) is 6.07 Å². The molecular formula is C21H23ClNO3+. The van der Waals surface area contributed by atoms with Gasteiger partial charge in [-0.1, -0.05) is 41.9 Å². The lowest BCUT2D eigenvalue weighted by atomic mass is 9.85. The number of fused-ring (bicyclic) bond motifs is 3. The quantitative estimate of drug-likeness (QED) is 0.841. The average molecular weight is 373 g/mol. The van der Waals surface area contributed by atoms with Crippen LogP contribution in [0.5, 0.6) is 0 Å². The molecule has 0 radical (unpaired) electrons. The monoisotopic (exact) mass is 372 g/mol. The van der Waals surface area contributed by atoms with Gasteiger partial charge >= 0.3 is 5.97 Å². The molecule has 1 heterocycles. The molecule has 0 saturated carbocycles. The van der Waals surface area contributed by atoms with Crippen LogP contribution in [0.3, 0.4) is 0 Å². The van der Waals surface area contributed by atoms with Crippen molar-refractivity contribution in [3.05, 3.63) is 58.6 Å². The number of hydrogen-bond acceptors (Lipinski definition) is 3. The van der Waals surface area contributed by atoms with Gasteiger partial charge in [-0.05, 0) is 37.1 Å². The molecule has 1 aliphatic carbocycles. The van der Waals surface area contributed by atoms with E-state index in [-0.39, 0.29) is 12.1 Å². The topological polar surface area (TPSA) is 40.0 Å². The highest BCUT2D eigenvalue weighted by Gasteiger charge is 2.59. The number of esters is 1. The van der Waals surface area contributed by atoms with Crippen LogP contribution in [0.4, 0.5) is 0 Å². The van der Waals surface area contributed by atoms with E-state index in [9.17, 15) is 4.79 Å². The van der Waals surface area contributed by atoms with Gasteiger partial charge in [0.25, 0.3) is 0 Å². The van der Waals surface area contributed by atoms with Crippen molar-refractivity contribution in [1.82, 2.24) is 0 Å². The first kappa shape index (κ1) is 17.5. The van der Waals surface area contributed by atoms with Gasteiger partial charge in [0.15, 0.2) is 0 Å². The molecule has 1 fully saturated rings. The lowest BCUT2D eigenvalue weighted by Gasteiger charge is -2.39. The number of rotatable bonds is 3. The van der Waals surface area contributed by atoms with Crippen LogP contribution >= 0.6 is 11.6 Å². The number of halogens is 1. The highest BCUT2D eigenvalue weighted by atomic mass is 35.5. The largest absolute Gasteiger partial charge is 0.458 e. The van der Waals surface area contributed by atoms with Gasteiger partial charge < -0.3 is 14.4 Å². The summed E-state index contributed by atoms with van der Waals surface area (Å²) in [5, 5.41) is 0.630. The summed E-state index contributed by atoms with van der Waals surface area (Å²) in [5.74, 6) is -0.210. The zero-order chi connectivity index (χ0) is 18.3. The minimum Gasteiger partial charge on any atom is -0.458 e. The van der Waals surface area contributed by atoms with Crippen molar-refractivity contribution in [2.75, 3.05) is 26.3 Å². The lowest BCUT2D eigenvalue weighted by Crippen LogP contribution is -3.21. The van der Waals surface area contributed by atoms with Crippen molar-refractivity contribution in [2.45, 2.75) is 25.5 Å². The molecule has 0 amide bonds. The number of quaternary nitrogens is 1. The average Bonchev–Trinajstić information content (AvgIpc) is 2.92. The van der Waals surface area contributed by atoms with Crippen LogP contribution in [0.2, 0.25) is 5.02 Å². The number of carbonyl (C=O) groups excluding carboxylic acids is 1. The fourth-order valence-electron chi connectivity index (χ4n) is 4.29. The Morgan fingerprint density at radius 3 is 2.54 bits per heavy atom. The van der Waals surface area contributed by atoms with Crippen molar-refractivity contribution in [3.8, 4) is 11.1 Å². The molecule has 2 aliphatic rings. The van der Waals surface area contributed by atoms with Gasteiger partial charge in [-0.15, -0.1) is 0 Å². The van der Waals surface area contributed by atoms with Crippen LogP contribution in [0.25, 0.3) is 11.1 Å². The molecule has 1 saturated heterocycles.